The Kier molecular flexibility index (Phi) is 12.3. The Morgan fingerprint density at radius 1 is 0.719 bits per heavy atom. The number of aliphatic hydroxyl groups excluding tert-OH is 2. The molecule has 4 aromatic rings. The summed E-state index contributed by atoms with van der Waals surface area (Å²) >= 11 is 0. The van der Waals surface area contributed by atoms with Crippen LogP contribution >= 0.6 is 0 Å². The lowest BCUT2D eigenvalue weighted by Crippen LogP contribution is -2.51. The van der Waals surface area contributed by atoms with Crippen molar-refractivity contribution in [2.75, 3.05) is 20.2 Å². The maximum atomic E-state index is 13.5. The number of hydrogen-bond donors (Lipinski definition) is 7. The van der Waals surface area contributed by atoms with Crippen LogP contribution in [0.5, 0.6) is 0 Å². The fraction of sp³-hybridized carbons (Fsp3) is 0.415. The van der Waals surface area contributed by atoms with Crippen LogP contribution in [0.3, 0.4) is 0 Å². The molecule has 2 aliphatic heterocycles. The Labute approximate surface area is 330 Å². The summed E-state index contributed by atoms with van der Waals surface area (Å²) in [5.41, 5.74) is 4.76. The van der Waals surface area contributed by atoms with Crippen LogP contribution in [0.1, 0.15) is 75.4 Å². The lowest BCUT2D eigenvalue weighted by atomic mass is 10.0. The van der Waals surface area contributed by atoms with Gasteiger partial charge >= 0.3 is 12.2 Å². The minimum Gasteiger partial charge on any atom is -0.465 e. The molecule has 2 aromatic heterocycles. The fourth-order valence-corrected chi connectivity index (χ4v) is 7.25. The molecular formula is C41H48N8O8. The summed E-state index contributed by atoms with van der Waals surface area (Å²) in [6.45, 7) is 7.38. The number of carbonyl (C=O) groups is 4. The first-order chi connectivity index (χ1) is 27.2. The van der Waals surface area contributed by atoms with E-state index in [9.17, 15) is 34.5 Å². The Morgan fingerprint density at radius 2 is 1.12 bits per heavy atom. The van der Waals surface area contributed by atoms with Gasteiger partial charge in [-0.3, -0.25) is 9.59 Å². The van der Waals surface area contributed by atoms with Crippen LogP contribution in [0.15, 0.2) is 60.9 Å². The van der Waals surface area contributed by atoms with Crippen molar-refractivity contribution in [2.24, 2.45) is 11.8 Å². The van der Waals surface area contributed by atoms with Crippen LogP contribution in [-0.4, -0.2) is 114 Å². The maximum absolute atomic E-state index is 13.5. The number of carbonyl (C=O) groups excluding carboxylic acids is 3. The van der Waals surface area contributed by atoms with E-state index in [0.29, 0.717) is 18.1 Å². The van der Waals surface area contributed by atoms with E-state index < -0.39 is 54.5 Å². The number of nitrogens with zero attached hydrogens (tertiary/aromatic N) is 4. The molecule has 6 atom stereocenters. The highest BCUT2D eigenvalue weighted by molar-refractivity contribution is 5.87. The average molecular weight is 781 g/mol. The molecule has 300 valence electrons. The molecule has 4 heterocycles. The molecule has 57 heavy (non-hydrogen) atoms. The predicted octanol–water partition coefficient (Wildman–Crippen LogP) is 3.81. The van der Waals surface area contributed by atoms with Crippen molar-refractivity contribution in [1.82, 2.24) is 40.4 Å². The number of alkyl carbamates (subject to hydrolysis) is 1. The molecule has 0 unspecified atom stereocenters. The number of aromatic nitrogens is 4. The normalized spacial score (nSPS) is 20.2. The van der Waals surface area contributed by atoms with Gasteiger partial charge in [0.1, 0.15) is 23.7 Å². The highest BCUT2D eigenvalue weighted by Crippen LogP contribution is 2.34. The molecule has 6 rings (SSSR count). The Morgan fingerprint density at radius 3 is 1.49 bits per heavy atom. The van der Waals surface area contributed by atoms with Gasteiger partial charge in [-0.1, -0.05) is 63.8 Å². The topological polar surface area (TPSA) is 226 Å². The first-order valence-electron chi connectivity index (χ1n) is 18.9. The molecule has 0 radical (unpaired) electrons. The number of carboxylic acid groups (broad SMARTS) is 1. The van der Waals surface area contributed by atoms with Gasteiger partial charge < -0.3 is 50.5 Å². The third-order valence-electron chi connectivity index (χ3n) is 10.3. The number of β-amino-alcohol motifs (C(OH)–C–C–N with tert-alkyl or cyclic N) is 2. The molecule has 0 spiro atoms. The third kappa shape index (κ3) is 9.28. The van der Waals surface area contributed by atoms with E-state index in [0.717, 1.165) is 33.6 Å². The smallest absolute Gasteiger partial charge is 0.407 e. The van der Waals surface area contributed by atoms with E-state index in [2.05, 4.69) is 42.4 Å². The van der Waals surface area contributed by atoms with Crippen molar-refractivity contribution in [2.45, 2.75) is 76.9 Å². The van der Waals surface area contributed by atoms with Gasteiger partial charge in [-0.15, -0.1) is 0 Å². The first-order valence-corrected chi connectivity index (χ1v) is 18.9. The van der Waals surface area contributed by atoms with Gasteiger partial charge in [0.05, 0.1) is 55.2 Å². The number of H-pyrrole nitrogens is 2. The second-order valence-electron chi connectivity index (χ2n) is 15.1. The monoisotopic (exact) mass is 780 g/mol. The Bertz CT molecular complexity index is 2130. The van der Waals surface area contributed by atoms with Gasteiger partial charge in [0, 0.05) is 37.1 Å². The molecule has 0 bridgehead atoms. The van der Waals surface area contributed by atoms with E-state index in [4.69, 9.17) is 4.74 Å². The number of amides is 4. The van der Waals surface area contributed by atoms with Crippen LogP contribution in [0.4, 0.5) is 9.59 Å². The van der Waals surface area contributed by atoms with Gasteiger partial charge in [0.25, 0.3) is 0 Å². The van der Waals surface area contributed by atoms with Crippen LogP contribution in [0.25, 0.3) is 22.5 Å². The zero-order valence-corrected chi connectivity index (χ0v) is 32.4. The zero-order valence-electron chi connectivity index (χ0n) is 32.4. The summed E-state index contributed by atoms with van der Waals surface area (Å²) in [6, 6.07) is 12.5. The SMILES string of the molecule is COC(=O)N[C@H](C(=O)N1C[C@H](O)C[C@H]1c1ncc(-c2ccc(C#Cc3ccc(-c4cnc([C@@H]5C[C@@H](O)CN5C(=O)[C@@H](NC(=O)O)C(C)C)[nH]4)cc3)cc2)[nH]1)C(C)C. The van der Waals surface area contributed by atoms with E-state index in [-0.39, 0.29) is 37.3 Å². The quantitative estimate of drug-likeness (QED) is 0.115. The van der Waals surface area contributed by atoms with Gasteiger partial charge in [-0.05, 0) is 47.2 Å². The summed E-state index contributed by atoms with van der Waals surface area (Å²) in [4.78, 5) is 68.8. The standard InChI is InChI=1S/C41H48N8O8/c1-22(2)34(46-40(54)55)38(52)48-20-28(50)16-32(48)36-42-18-30(44-36)26-12-8-24(9-13-26)6-7-25-10-14-27(15-11-25)31-19-43-37(45-31)33-17-29(51)21-49(33)39(53)35(23(3)4)47-41(56)57-5/h8-15,18-19,22-23,28-29,32-35,46,50-51H,16-17,20-21H2,1-5H3,(H,42,44)(H,43,45)(H,47,56)(H,54,55)/t28-,29-,32+,33+,34+,35+/m1/s1. The van der Waals surface area contributed by atoms with Crippen molar-refractivity contribution in [3.8, 4) is 34.4 Å². The fourth-order valence-electron chi connectivity index (χ4n) is 7.25. The number of aliphatic hydroxyl groups is 2. The number of aromatic amines is 2. The van der Waals surface area contributed by atoms with Gasteiger partial charge in [0.15, 0.2) is 0 Å². The van der Waals surface area contributed by atoms with Crippen molar-refractivity contribution >= 4 is 24.0 Å². The van der Waals surface area contributed by atoms with Crippen LogP contribution in [0.2, 0.25) is 0 Å². The van der Waals surface area contributed by atoms with Crippen molar-refractivity contribution in [3.05, 3.63) is 83.7 Å². The number of benzene rings is 2. The number of ether oxygens (including phenoxy) is 1. The number of likely N-dealkylation sites (tertiary alicyclic amines) is 2. The van der Waals surface area contributed by atoms with Crippen LogP contribution in [0, 0.1) is 23.7 Å². The zero-order chi connectivity index (χ0) is 41.0. The maximum Gasteiger partial charge on any atom is 0.407 e. The molecule has 2 aliphatic rings. The summed E-state index contributed by atoms with van der Waals surface area (Å²) < 4.78 is 4.71. The largest absolute Gasteiger partial charge is 0.465 e. The molecule has 2 fully saturated rings. The van der Waals surface area contributed by atoms with Crippen molar-refractivity contribution in [3.63, 3.8) is 0 Å². The van der Waals surface area contributed by atoms with Crippen LogP contribution < -0.4 is 10.6 Å². The number of imidazole rings is 2. The Hall–Kier alpha value is -6.18. The minimum atomic E-state index is -1.29. The van der Waals surface area contributed by atoms with Gasteiger partial charge in [-0.2, -0.15) is 0 Å². The number of rotatable bonds is 10. The number of hydrogen-bond acceptors (Lipinski definition) is 9. The Balaban J connectivity index is 1.10. The summed E-state index contributed by atoms with van der Waals surface area (Å²) in [7, 11) is 1.24. The van der Waals surface area contributed by atoms with Crippen molar-refractivity contribution < 1.29 is 39.2 Å². The molecule has 16 heteroatoms. The molecule has 4 amide bonds. The molecule has 16 nitrogen and oxygen atoms in total. The average Bonchev–Trinajstić information content (AvgIpc) is 4.01. The highest BCUT2D eigenvalue weighted by Gasteiger charge is 2.42. The van der Waals surface area contributed by atoms with E-state index >= 15 is 0 Å². The molecule has 0 aliphatic carbocycles. The number of methoxy groups -OCH3 is 1. The first kappa shape index (κ1) is 40.5. The van der Waals surface area contributed by atoms with Crippen molar-refractivity contribution in [1.29, 1.82) is 0 Å². The van der Waals surface area contributed by atoms with Gasteiger partial charge in [-0.25, -0.2) is 19.6 Å². The second-order valence-corrected chi connectivity index (χ2v) is 15.1. The highest BCUT2D eigenvalue weighted by atomic mass is 16.5. The summed E-state index contributed by atoms with van der Waals surface area (Å²) in [6.07, 6.45) is 0.461. The molecule has 0 saturated carbocycles. The molecule has 2 aromatic carbocycles. The van der Waals surface area contributed by atoms with Gasteiger partial charge in [0.2, 0.25) is 11.8 Å². The summed E-state index contributed by atoms with van der Waals surface area (Å²) in [5.74, 6) is 6.20. The number of nitrogens with one attached hydrogen (secondary N) is 4. The molecular weight excluding hydrogens is 732 g/mol. The van der Waals surface area contributed by atoms with Crippen LogP contribution in [-0.2, 0) is 14.3 Å². The summed E-state index contributed by atoms with van der Waals surface area (Å²) in [5, 5.41) is 35.1. The second kappa shape index (κ2) is 17.3. The predicted molar refractivity (Wildman–Crippen MR) is 208 cm³/mol. The molecule has 2 saturated heterocycles. The lowest BCUT2D eigenvalue weighted by Gasteiger charge is -2.29. The van der Waals surface area contributed by atoms with E-state index in [1.165, 1.54) is 12.0 Å². The third-order valence-corrected chi connectivity index (χ3v) is 10.3. The van der Waals surface area contributed by atoms with E-state index in [1.807, 2.05) is 62.4 Å². The minimum absolute atomic E-state index is 0.0809. The molecule has 7 N–H and O–H groups in total. The van der Waals surface area contributed by atoms with E-state index in [1.54, 1.807) is 31.1 Å². The lowest BCUT2D eigenvalue weighted by molar-refractivity contribution is -0.136.